The third kappa shape index (κ3) is 4.10. The Morgan fingerprint density at radius 1 is 1.23 bits per heavy atom. The van der Waals surface area contributed by atoms with Crippen LogP contribution in [0.4, 0.5) is 13.2 Å². The van der Waals surface area contributed by atoms with E-state index in [4.69, 9.17) is 9.47 Å². The summed E-state index contributed by atoms with van der Waals surface area (Å²) in [5, 5.41) is 21.4. The molecule has 3 fully saturated rings. The summed E-state index contributed by atoms with van der Waals surface area (Å²) in [6, 6.07) is 1.83. The van der Waals surface area contributed by atoms with Crippen LogP contribution < -0.4 is 0 Å². The van der Waals surface area contributed by atoms with Crippen molar-refractivity contribution in [3.8, 4) is 0 Å². The Hall–Kier alpha value is -1.97. The van der Waals surface area contributed by atoms with Crippen LogP contribution >= 0.6 is 0 Å². The standard InChI is InChI=1S/C21H24F3NO5/c22-21(23,24)15-7-6-13(14(25-15)10-30-16-3-1-2-8-29-16)20(28)17-18(26)11-4-5-12(9-11)19(17)27/h6-7,11-12,16,18,26,28H,1-5,8-10H2/b20-17-. The fourth-order valence-electron chi connectivity index (χ4n) is 4.54. The molecule has 2 aliphatic carbocycles. The molecule has 0 radical (unpaired) electrons. The first kappa shape index (κ1) is 21.3. The molecule has 1 aromatic rings. The SMILES string of the molecule is O=C1/C(=C(\O)c2ccc(C(F)(F)F)nc2COC2CCCCO2)C(O)C2CCC1C2. The summed E-state index contributed by atoms with van der Waals surface area (Å²) in [4.78, 5) is 16.4. The summed E-state index contributed by atoms with van der Waals surface area (Å²) >= 11 is 0. The molecule has 2 bridgehead atoms. The van der Waals surface area contributed by atoms with Gasteiger partial charge in [0, 0.05) is 18.1 Å². The molecule has 3 aliphatic rings. The van der Waals surface area contributed by atoms with Gasteiger partial charge in [-0.05, 0) is 56.6 Å². The molecular formula is C21H24F3NO5. The van der Waals surface area contributed by atoms with E-state index in [1.807, 2.05) is 0 Å². The van der Waals surface area contributed by atoms with Crippen molar-refractivity contribution in [1.29, 1.82) is 0 Å². The van der Waals surface area contributed by atoms with Gasteiger partial charge in [-0.2, -0.15) is 13.2 Å². The van der Waals surface area contributed by atoms with Gasteiger partial charge < -0.3 is 19.7 Å². The molecule has 1 saturated heterocycles. The molecule has 4 rings (SSSR count). The Bertz CT molecular complexity index is 848. The second kappa shape index (κ2) is 8.28. The van der Waals surface area contributed by atoms with Crippen LogP contribution in [0, 0.1) is 11.8 Å². The molecule has 0 aromatic carbocycles. The fraction of sp³-hybridized carbons (Fsp3) is 0.619. The van der Waals surface area contributed by atoms with Gasteiger partial charge in [-0.25, -0.2) is 4.98 Å². The molecule has 164 valence electrons. The van der Waals surface area contributed by atoms with Gasteiger partial charge in [0.25, 0.3) is 0 Å². The average molecular weight is 427 g/mol. The molecule has 4 unspecified atom stereocenters. The van der Waals surface area contributed by atoms with Gasteiger partial charge in [0.1, 0.15) is 11.5 Å². The highest BCUT2D eigenvalue weighted by Gasteiger charge is 2.45. The summed E-state index contributed by atoms with van der Waals surface area (Å²) in [5.74, 6) is -1.28. The predicted molar refractivity (Wildman–Crippen MR) is 99.0 cm³/mol. The monoisotopic (exact) mass is 427 g/mol. The minimum atomic E-state index is -4.67. The maximum atomic E-state index is 13.2. The van der Waals surface area contributed by atoms with Crippen LogP contribution in [0.5, 0.6) is 0 Å². The molecule has 1 aromatic heterocycles. The van der Waals surface area contributed by atoms with Crippen molar-refractivity contribution in [2.75, 3.05) is 6.61 Å². The molecule has 0 spiro atoms. The number of fused-ring (bicyclic) bond motifs is 2. The number of nitrogens with zero attached hydrogens (tertiary/aromatic N) is 1. The van der Waals surface area contributed by atoms with Crippen molar-refractivity contribution in [3.63, 3.8) is 0 Å². The van der Waals surface area contributed by atoms with Crippen molar-refractivity contribution >= 4 is 11.5 Å². The zero-order valence-electron chi connectivity index (χ0n) is 16.3. The van der Waals surface area contributed by atoms with Crippen molar-refractivity contribution in [1.82, 2.24) is 4.98 Å². The van der Waals surface area contributed by atoms with E-state index in [1.165, 1.54) is 0 Å². The van der Waals surface area contributed by atoms with E-state index in [1.54, 1.807) is 0 Å². The molecule has 4 atom stereocenters. The number of hydrogen-bond donors (Lipinski definition) is 2. The lowest BCUT2D eigenvalue weighted by Gasteiger charge is -2.28. The van der Waals surface area contributed by atoms with Crippen molar-refractivity contribution in [2.24, 2.45) is 11.8 Å². The van der Waals surface area contributed by atoms with Gasteiger partial charge in [0.05, 0.1) is 24.0 Å². The maximum absolute atomic E-state index is 13.2. The lowest BCUT2D eigenvalue weighted by molar-refractivity contribution is -0.169. The van der Waals surface area contributed by atoms with Crippen LogP contribution in [0.1, 0.15) is 55.5 Å². The quantitative estimate of drug-likeness (QED) is 0.562. The largest absolute Gasteiger partial charge is 0.507 e. The minimum absolute atomic E-state index is 0.0393. The van der Waals surface area contributed by atoms with E-state index >= 15 is 0 Å². The van der Waals surface area contributed by atoms with Gasteiger partial charge in [-0.3, -0.25) is 4.79 Å². The number of hydrogen-bond acceptors (Lipinski definition) is 6. The summed E-state index contributed by atoms with van der Waals surface area (Å²) in [5.41, 5.74) is -1.45. The van der Waals surface area contributed by atoms with E-state index in [2.05, 4.69) is 4.98 Å². The first-order chi connectivity index (χ1) is 14.3. The van der Waals surface area contributed by atoms with Crippen LogP contribution in [0.2, 0.25) is 0 Å². The van der Waals surface area contributed by atoms with Gasteiger partial charge in [-0.1, -0.05) is 0 Å². The smallest absolute Gasteiger partial charge is 0.433 e. The van der Waals surface area contributed by atoms with Crippen LogP contribution in [-0.4, -0.2) is 40.0 Å². The van der Waals surface area contributed by atoms with Gasteiger partial charge in [0.2, 0.25) is 0 Å². The van der Waals surface area contributed by atoms with Crippen LogP contribution in [-0.2, 0) is 27.1 Å². The number of ether oxygens (including phenoxy) is 2. The molecular weight excluding hydrogens is 403 g/mol. The first-order valence-corrected chi connectivity index (χ1v) is 10.2. The summed E-state index contributed by atoms with van der Waals surface area (Å²) in [6.45, 7) is 0.185. The minimum Gasteiger partial charge on any atom is -0.507 e. The average Bonchev–Trinajstić information content (AvgIpc) is 3.18. The highest BCUT2D eigenvalue weighted by Crippen LogP contribution is 2.44. The first-order valence-electron chi connectivity index (χ1n) is 10.2. The van der Waals surface area contributed by atoms with Crippen molar-refractivity contribution < 1.29 is 37.7 Å². The number of aliphatic hydroxyl groups is 2. The van der Waals surface area contributed by atoms with Crippen LogP contribution in [0.3, 0.4) is 0 Å². The van der Waals surface area contributed by atoms with Gasteiger partial charge >= 0.3 is 6.18 Å². The predicted octanol–water partition coefficient (Wildman–Crippen LogP) is 3.77. The van der Waals surface area contributed by atoms with Gasteiger partial charge in [0.15, 0.2) is 12.1 Å². The number of carbonyl (C=O) groups is 1. The van der Waals surface area contributed by atoms with E-state index in [-0.39, 0.29) is 41.1 Å². The number of rotatable bonds is 4. The molecule has 9 heteroatoms. The molecule has 2 saturated carbocycles. The third-order valence-corrected chi connectivity index (χ3v) is 6.17. The molecule has 30 heavy (non-hydrogen) atoms. The highest BCUT2D eigenvalue weighted by molar-refractivity contribution is 6.05. The number of Topliss-reactive ketones (excluding diaryl/α,β-unsaturated/α-hetero) is 1. The number of carbonyl (C=O) groups excluding carboxylic acids is 1. The van der Waals surface area contributed by atoms with Crippen molar-refractivity contribution in [3.05, 3.63) is 34.7 Å². The molecule has 6 nitrogen and oxygen atoms in total. The van der Waals surface area contributed by atoms with Crippen LogP contribution in [0.25, 0.3) is 5.76 Å². The Morgan fingerprint density at radius 3 is 2.73 bits per heavy atom. The third-order valence-electron chi connectivity index (χ3n) is 6.17. The number of pyridine rings is 1. The number of aliphatic hydroxyl groups excluding tert-OH is 2. The number of ketones is 1. The Morgan fingerprint density at radius 2 is 2.03 bits per heavy atom. The lowest BCUT2D eigenvalue weighted by Crippen LogP contribution is -2.34. The summed E-state index contributed by atoms with van der Waals surface area (Å²) in [6.07, 6.45) is -2.11. The van der Waals surface area contributed by atoms with E-state index in [0.717, 1.165) is 25.0 Å². The second-order valence-electron chi connectivity index (χ2n) is 8.14. The maximum Gasteiger partial charge on any atom is 0.433 e. The Labute approximate surface area is 171 Å². The van der Waals surface area contributed by atoms with E-state index in [0.29, 0.717) is 32.3 Å². The van der Waals surface area contributed by atoms with Crippen LogP contribution in [0.15, 0.2) is 17.7 Å². The zero-order valence-corrected chi connectivity index (χ0v) is 16.3. The normalized spacial score (nSPS) is 31.1. The Kier molecular flexibility index (Phi) is 5.87. The molecule has 2 N–H and O–H groups in total. The second-order valence-corrected chi connectivity index (χ2v) is 8.14. The number of aromatic nitrogens is 1. The van der Waals surface area contributed by atoms with Gasteiger partial charge in [-0.15, -0.1) is 0 Å². The number of alkyl halides is 3. The summed E-state index contributed by atoms with van der Waals surface area (Å²) < 4.78 is 50.6. The molecule has 0 amide bonds. The summed E-state index contributed by atoms with van der Waals surface area (Å²) in [7, 11) is 0. The topological polar surface area (TPSA) is 88.9 Å². The van der Waals surface area contributed by atoms with E-state index in [9.17, 15) is 28.2 Å². The highest BCUT2D eigenvalue weighted by atomic mass is 19.4. The lowest BCUT2D eigenvalue weighted by atomic mass is 9.80. The fourth-order valence-corrected chi connectivity index (χ4v) is 4.54. The zero-order chi connectivity index (χ0) is 21.5. The Balaban J connectivity index is 1.69. The van der Waals surface area contributed by atoms with E-state index < -0.39 is 30.0 Å². The van der Waals surface area contributed by atoms with Crippen molar-refractivity contribution in [2.45, 2.75) is 63.7 Å². The number of halogens is 3. The molecule has 1 aliphatic heterocycles. The molecule has 2 heterocycles.